The van der Waals surface area contributed by atoms with Gasteiger partial charge in [-0.15, -0.1) is 12.6 Å². The molecule has 0 unspecified atom stereocenters. The van der Waals surface area contributed by atoms with Crippen molar-refractivity contribution < 1.29 is 4.79 Å². The van der Waals surface area contributed by atoms with Gasteiger partial charge in [0.15, 0.2) is 0 Å². The first-order chi connectivity index (χ1) is 8.15. The van der Waals surface area contributed by atoms with Crippen molar-refractivity contribution in [3.8, 4) is 0 Å². The maximum atomic E-state index is 11.8. The van der Waals surface area contributed by atoms with Crippen molar-refractivity contribution in [1.82, 2.24) is 15.1 Å². The summed E-state index contributed by atoms with van der Waals surface area (Å²) in [7, 11) is 1.84. The predicted octanol–water partition coefficient (Wildman–Crippen LogP) is 1.64. The standard InChI is InChI=1S/C12H13N3OS/c1-15-8-9(7-14-15)6-13-12(16)10-2-4-11(17)5-3-10/h2-5,7-8,17H,6H2,1H3,(H,13,16). The van der Waals surface area contributed by atoms with Crippen molar-refractivity contribution >= 4 is 18.5 Å². The number of aryl methyl sites for hydroxylation is 1. The molecule has 1 heterocycles. The highest BCUT2D eigenvalue weighted by Gasteiger charge is 2.05. The fraction of sp³-hybridized carbons (Fsp3) is 0.167. The van der Waals surface area contributed by atoms with Crippen molar-refractivity contribution in [3.63, 3.8) is 0 Å². The number of hydrogen-bond acceptors (Lipinski definition) is 3. The molecule has 0 saturated heterocycles. The van der Waals surface area contributed by atoms with Gasteiger partial charge < -0.3 is 5.32 Å². The molecule has 0 spiro atoms. The van der Waals surface area contributed by atoms with Crippen molar-refractivity contribution in [3.05, 3.63) is 47.8 Å². The number of aromatic nitrogens is 2. The Balaban J connectivity index is 1.95. The molecule has 88 valence electrons. The van der Waals surface area contributed by atoms with Gasteiger partial charge in [-0.05, 0) is 24.3 Å². The summed E-state index contributed by atoms with van der Waals surface area (Å²) in [5.41, 5.74) is 1.61. The van der Waals surface area contributed by atoms with Crippen LogP contribution in [-0.2, 0) is 13.6 Å². The molecule has 0 bridgehead atoms. The van der Waals surface area contributed by atoms with Gasteiger partial charge in [-0.3, -0.25) is 9.48 Å². The van der Waals surface area contributed by atoms with Crippen molar-refractivity contribution in [2.24, 2.45) is 7.05 Å². The Morgan fingerprint density at radius 3 is 2.71 bits per heavy atom. The molecule has 0 saturated carbocycles. The summed E-state index contributed by atoms with van der Waals surface area (Å²) < 4.78 is 1.71. The van der Waals surface area contributed by atoms with Gasteiger partial charge in [-0.25, -0.2) is 0 Å². The topological polar surface area (TPSA) is 46.9 Å². The van der Waals surface area contributed by atoms with Gasteiger partial charge in [0.25, 0.3) is 5.91 Å². The molecule has 17 heavy (non-hydrogen) atoms. The minimum Gasteiger partial charge on any atom is -0.348 e. The molecule has 2 rings (SSSR count). The second-order valence-electron chi connectivity index (χ2n) is 3.75. The monoisotopic (exact) mass is 247 g/mol. The van der Waals surface area contributed by atoms with E-state index in [4.69, 9.17) is 0 Å². The number of thiol groups is 1. The Labute approximate surface area is 105 Å². The molecule has 0 aliphatic heterocycles. The van der Waals surface area contributed by atoms with E-state index in [0.717, 1.165) is 10.5 Å². The van der Waals surface area contributed by atoms with Crippen LogP contribution < -0.4 is 5.32 Å². The van der Waals surface area contributed by atoms with E-state index in [1.807, 2.05) is 13.2 Å². The molecule has 1 amide bonds. The first-order valence-electron chi connectivity index (χ1n) is 5.20. The third kappa shape index (κ3) is 3.10. The van der Waals surface area contributed by atoms with E-state index < -0.39 is 0 Å². The molecule has 5 heteroatoms. The third-order valence-corrected chi connectivity index (χ3v) is 2.64. The van der Waals surface area contributed by atoms with E-state index >= 15 is 0 Å². The molecule has 1 N–H and O–H groups in total. The number of hydrogen-bond donors (Lipinski definition) is 2. The third-order valence-electron chi connectivity index (χ3n) is 2.34. The Kier molecular flexibility index (Phi) is 3.49. The number of amides is 1. The summed E-state index contributed by atoms with van der Waals surface area (Å²) in [5, 5.41) is 6.86. The predicted molar refractivity (Wildman–Crippen MR) is 68.1 cm³/mol. The molecule has 0 atom stereocenters. The Bertz CT molecular complexity index is 519. The highest BCUT2D eigenvalue weighted by Crippen LogP contribution is 2.07. The van der Waals surface area contributed by atoms with Crippen LogP contribution >= 0.6 is 12.6 Å². The van der Waals surface area contributed by atoms with Crippen LogP contribution in [0.3, 0.4) is 0 Å². The molecule has 0 aliphatic rings. The Hall–Kier alpha value is -1.75. The van der Waals surface area contributed by atoms with Crippen LogP contribution in [-0.4, -0.2) is 15.7 Å². The Morgan fingerprint density at radius 1 is 1.41 bits per heavy atom. The lowest BCUT2D eigenvalue weighted by atomic mass is 10.2. The van der Waals surface area contributed by atoms with Gasteiger partial charge in [-0.2, -0.15) is 5.10 Å². The van der Waals surface area contributed by atoms with Crippen molar-refractivity contribution in [2.75, 3.05) is 0 Å². The minimum absolute atomic E-state index is 0.0952. The second kappa shape index (κ2) is 5.05. The summed E-state index contributed by atoms with van der Waals surface area (Å²) in [5.74, 6) is -0.0952. The van der Waals surface area contributed by atoms with E-state index in [0.29, 0.717) is 12.1 Å². The van der Waals surface area contributed by atoms with Gasteiger partial charge in [-0.1, -0.05) is 0 Å². The largest absolute Gasteiger partial charge is 0.348 e. The summed E-state index contributed by atoms with van der Waals surface area (Å²) in [6, 6.07) is 7.09. The van der Waals surface area contributed by atoms with E-state index in [9.17, 15) is 4.79 Å². The van der Waals surface area contributed by atoms with Crippen LogP contribution in [0, 0.1) is 0 Å². The first kappa shape index (κ1) is 11.7. The zero-order valence-electron chi connectivity index (χ0n) is 9.42. The van der Waals surface area contributed by atoms with Gasteiger partial charge in [0.2, 0.25) is 0 Å². The number of benzene rings is 1. The van der Waals surface area contributed by atoms with Crippen LogP contribution in [0.5, 0.6) is 0 Å². The summed E-state index contributed by atoms with van der Waals surface area (Å²) in [4.78, 5) is 12.6. The van der Waals surface area contributed by atoms with Gasteiger partial charge >= 0.3 is 0 Å². The number of rotatable bonds is 3. The summed E-state index contributed by atoms with van der Waals surface area (Å²) >= 11 is 4.17. The summed E-state index contributed by atoms with van der Waals surface area (Å²) in [6.07, 6.45) is 3.61. The smallest absolute Gasteiger partial charge is 0.251 e. The number of nitrogens with zero attached hydrogens (tertiary/aromatic N) is 2. The van der Waals surface area contributed by atoms with Gasteiger partial charge in [0, 0.05) is 35.8 Å². The highest BCUT2D eigenvalue weighted by atomic mass is 32.1. The molecule has 0 fully saturated rings. The molecule has 1 aromatic carbocycles. The fourth-order valence-electron chi connectivity index (χ4n) is 1.46. The van der Waals surface area contributed by atoms with E-state index in [1.165, 1.54) is 0 Å². The van der Waals surface area contributed by atoms with Gasteiger partial charge in [0.1, 0.15) is 0 Å². The number of carbonyl (C=O) groups is 1. The van der Waals surface area contributed by atoms with Crippen LogP contribution in [0.1, 0.15) is 15.9 Å². The fourth-order valence-corrected chi connectivity index (χ4v) is 1.61. The number of nitrogens with one attached hydrogen (secondary N) is 1. The van der Waals surface area contributed by atoms with E-state index in [-0.39, 0.29) is 5.91 Å². The van der Waals surface area contributed by atoms with Crippen LogP contribution in [0.2, 0.25) is 0 Å². The lowest BCUT2D eigenvalue weighted by molar-refractivity contribution is 0.0951. The molecule has 1 aromatic heterocycles. The molecule has 0 aliphatic carbocycles. The maximum Gasteiger partial charge on any atom is 0.251 e. The minimum atomic E-state index is -0.0952. The molecular formula is C12H13N3OS. The average Bonchev–Trinajstić information content (AvgIpc) is 2.73. The number of carbonyl (C=O) groups excluding carboxylic acids is 1. The average molecular weight is 247 g/mol. The van der Waals surface area contributed by atoms with E-state index in [1.54, 1.807) is 35.1 Å². The SMILES string of the molecule is Cn1cc(CNC(=O)c2ccc(S)cc2)cn1. The first-order valence-corrected chi connectivity index (χ1v) is 5.64. The molecule has 4 nitrogen and oxygen atoms in total. The lowest BCUT2D eigenvalue weighted by Gasteiger charge is -2.03. The van der Waals surface area contributed by atoms with Gasteiger partial charge in [0.05, 0.1) is 6.20 Å². The zero-order valence-corrected chi connectivity index (χ0v) is 10.3. The van der Waals surface area contributed by atoms with E-state index in [2.05, 4.69) is 23.0 Å². The zero-order chi connectivity index (χ0) is 12.3. The van der Waals surface area contributed by atoms with Crippen LogP contribution in [0.15, 0.2) is 41.6 Å². The van der Waals surface area contributed by atoms with Crippen molar-refractivity contribution in [1.29, 1.82) is 0 Å². The lowest BCUT2D eigenvalue weighted by Crippen LogP contribution is -2.22. The highest BCUT2D eigenvalue weighted by molar-refractivity contribution is 7.80. The second-order valence-corrected chi connectivity index (χ2v) is 4.27. The van der Waals surface area contributed by atoms with Crippen LogP contribution in [0.4, 0.5) is 0 Å². The Morgan fingerprint density at radius 2 is 2.12 bits per heavy atom. The molecule has 2 aromatic rings. The van der Waals surface area contributed by atoms with Crippen molar-refractivity contribution in [2.45, 2.75) is 11.4 Å². The molecule has 0 radical (unpaired) electrons. The normalized spacial score (nSPS) is 10.2. The van der Waals surface area contributed by atoms with Crippen LogP contribution in [0.25, 0.3) is 0 Å². The molecular weight excluding hydrogens is 234 g/mol. The quantitative estimate of drug-likeness (QED) is 0.810. The maximum absolute atomic E-state index is 11.8. The summed E-state index contributed by atoms with van der Waals surface area (Å²) in [6.45, 7) is 0.481.